The van der Waals surface area contributed by atoms with Crippen LogP contribution in [0.15, 0.2) is 16.1 Å². The summed E-state index contributed by atoms with van der Waals surface area (Å²) in [6.07, 6.45) is 2.57. The van der Waals surface area contributed by atoms with E-state index in [1.54, 1.807) is 11.3 Å². The highest BCUT2D eigenvalue weighted by Gasteiger charge is 2.08. The number of nitrogens with one attached hydrogen (secondary N) is 1. The summed E-state index contributed by atoms with van der Waals surface area (Å²) in [5, 5.41) is 10.2. The molecule has 2 aromatic heterocycles. The molecule has 5 nitrogen and oxygen atoms in total. The highest BCUT2D eigenvalue weighted by atomic mass is 32.1. The van der Waals surface area contributed by atoms with E-state index in [0.29, 0.717) is 11.7 Å². The first-order chi connectivity index (χ1) is 7.75. The van der Waals surface area contributed by atoms with Gasteiger partial charge in [-0.15, -0.1) is 11.3 Å². The maximum Gasteiger partial charge on any atom is 0.227 e. The van der Waals surface area contributed by atoms with Gasteiger partial charge in [-0.2, -0.15) is 4.98 Å². The average Bonchev–Trinajstić information content (AvgIpc) is 2.89. The zero-order chi connectivity index (χ0) is 11.4. The van der Waals surface area contributed by atoms with Crippen LogP contribution in [0, 0.1) is 6.92 Å². The Morgan fingerprint density at radius 3 is 3.06 bits per heavy atom. The van der Waals surface area contributed by atoms with Crippen molar-refractivity contribution >= 4 is 11.3 Å². The fourth-order valence-electron chi connectivity index (χ4n) is 1.37. The van der Waals surface area contributed by atoms with Gasteiger partial charge in [0.15, 0.2) is 5.82 Å². The number of aryl methyl sites for hydroxylation is 1. The molecule has 0 aliphatic carbocycles. The molecule has 16 heavy (non-hydrogen) atoms. The molecule has 0 amide bonds. The van der Waals surface area contributed by atoms with Gasteiger partial charge in [0.2, 0.25) is 5.89 Å². The number of hydrogen-bond donors (Lipinski definition) is 1. The molecule has 0 saturated heterocycles. The SMILES string of the molecule is Cc1noc(CCNC(C)c2nccs2)n1. The van der Waals surface area contributed by atoms with Crippen LogP contribution < -0.4 is 5.32 Å². The molecule has 0 spiro atoms. The van der Waals surface area contributed by atoms with Crippen LogP contribution in [0.2, 0.25) is 0 Å². The summed E-state index contributed by atoms with van der Waals surface area (Å²) in [6, 6.07) is 0.268. The molecule has 1 atom stereocenters. The van der Waals surface area contributed by atoms with Crippen LogP contribution in [0.3, 0.4) is 0 Å². The van der Waals surface area contributed by atoms with Gasteiger partial charge in [-0.3, -0.25) is 0 Å². The number of thiazole rings is 1. The largest absolute Gasteiger partial charge is 0.339 e. The molecule has 0 aliphatic heterocycles. The average molecular weight is 238 g/mol. The Morgan fingerprint density at radius 2 is 2.44 bits per heavy atom. The Morgan fingerprint density at radius 1 is 1.56 bits per heavy atom. The smallest absolute Gasteiger partial charge is 0.227 e. The van der Waals surface area contributed by atoms with Crippen LogP contribution in [-0.4, -0.2) is 21.7 Å². The minimum atomic E-state index is 0.268. The van der Waals surface area contributed by atoms with Crippen molar-refractivity contribution in [2.45, 2.75) is 26.3 Å². The third kappa shape index (κ3) is 2.86. The van der Waals surface area contributed by atoms with Crippen molar-refractivity contribution in [2.24, 2.45) is 0 Å². The van der Waals surface area contributed by atoms with Gasteiger partial charge < -0.3 is 9.84 Å². The molecule has 2 aromatic rings. The van der Waals surface area contributed by atoms with E-state index in [2.05, 4.69) is 27.4 Å². The predicted molar refractivity (Wildman–Crippen MR) is 61.3 cm³/mol. The van der Waals surface area contributed by atoms with E-state index in [1.165, 1.54) is 0 Å². The topological polar surface area (TPSA) is 63.8 Å². The fourth-order valence-corrected chi connectivity index (χ4v) is 2.04. The standard InChI is InChI=1S/C10H14N4OS/c1-7(10-12-5-6-16-10)11-4-3-9-13-8(2)14-15-9/h5-7,11H,3-4H2,1-2H3. The third-order valence-corrected chi connectivity index (χ3v) is 3.14. The Bertz CT molecular complexity index is 426. The summed E-state index contributed by atoms with van der Waals surface area (Å²) in [7, 11) is 0. The minimum Gasteiger partial charge on any atom is -0.339 e. The van der Waals surface area contributed by atoms with Gasteiger partial charge in [-0.25, -0.2) is 4.98 Å². The summed E-state index contributed by atoms with van der Waals surface area (Å²) in [5.41, 5.74) is 0. The number of aromatic nitrogens is 3. The third-order valence-electron chi connectivity index (χ3n) is 2.18. The molecule has 0 bridgehead atoms. The summed E-state index contributed by atoms with van der Waals surface area (Å²) < 4.78 is 5.02. The van der Waals surface area contributed by atoms with Gasteiger partial charge in [0.25, 0.3) is 0 Å². The van der Waals surface area contributed by atoms with Crippen LogP contribution in [0.5, 0.6) is 0 Å². The normalized spacial score (nSPS) is 12.9. The molecule has 0 fully saturated rings. The Hall–Kier alpha value is -1.27. The number of nitrogens with zero attached hydrogens (tertiary/aromatic N) is 3. The highest BCUT2D eigenvalue weighted by Crippen LogP contribution is 2.14. The summed E-state index contributed by atoms with van der Waals surface area (Å²) in [5.74, 6) is 1.36. The van der Waals surface area contributed by atoms with Crippen LogP contribution in [0.4, 0.5) is 0 Å². The molecule has 0 aromatic carbocycles. The molecule has 0 saturated carbocycles. The van der Waals surface area contributed by atoms with Crippen molar-refractivity contribution < 1.29 is 4.52 Å². The molecule has 6 heteroatoms. The second-order valence-corrected chi connectivity index (χ2v) is 4.46. The Labute approximate surface area is 97.9 Å². The first kappa shape index (κ1) is 11.2. The highest BCUT2D eigenvalue weighted by molar-refractivity contribution is 7.09. The lowest BCUT2D eigenvalue weighted by molar-refractivity contribution is 0.370. The maximum absolute atomic E-state index is 5.02. The van der Waals surface area contributed by atoms with E-state index in [-0.39, 0.29) is 6.04 Å². The van der Waals surface area contributed by atoms with Crippen LogP contribution in [0.25, 0.3) is 0 Å². The molecule has 0 radical (unpaired) electrons. The monoisotopic (exact) mass is 238 g/mol. The van der Waals surface area contributed by atoms with E-state index in [4.69, 9.17) is 4.52 Å². The van der Waals surface area contributed by atoms with Crippen LogP contribution >= 0.6 is 11.3 Å². The molecule has 1 unspecified atom stereocenters. The van der Waals surface area contributed by atoms with Gasteiger partial charge in [0.05, 0.1) is 6.04 Å². The van der Waals surface area contributed by atoms with Crippen molar-refractivity contribution in [3.05, 3.63) is 28.3 Å². The number of hydrogen-bond acceptors (Lipinski definition) is 6. The predicted octanol–water partition coefficient (Wildman–Crippen LogP) is 1.73. The first-order valence-corrected chi connectivity index (χ1v) is 6.05. The van der Waals surface area contributed by atoms with Gasteiger partial charge in [-0.1, -0.05) is 5.16 Å². The minimum absolute atomic E-state index is 0.268. The lowest BCUT2D eigenvalue weighted by atomic mass is 10.3. The second-order valence-electron chi connectivity index (χ2n) is 3.53. The lowest BCUT2D eigenvalue weighted by Gasteiger charge is -2.09. The molecule has 86 valence electrons. The zero-order valence-electron chi connectivity index (χ0n) is 9.30. The van der Waals surface area contributed by atoms with Crippen molar-refractivity contribution in [3.8, 4) is 0 Å². The summed E-state index contributed by atoms with van der Waals surface area (Å²) in [4.78, 5) is 8.39. The van der Waals surface area contributed by atoms with Crippen LogP contribution in [0.1, 0.15) is 29.7 Å². The summed E-state index contributed by atoms with van der Waals surface area (Å²) >= 11 is 1.66. The fraction of sp³-hybridized carbons (Fsp3) is 0.500. The van der Waals surface area contributed by atoms with Crippen molar-refractivity contribution in [2.75, 3.05) is 6.54 Å². The van der Waals surface area contributed by atoms with Gasteiger partial charge >= 0.3 is 0 Å². The molecule has 0 aliphatic rings. The first-order valence-electron chi connectivity index (χ1n) is 5.17. The van der Waals surface area contributed by atoms with Gasteiger partial charge in [0.1, 0.15) is 5.01 Å². The van der Waals surface area contributed by atoms with E-state index in [9.17, 15) is 0 Å². The maximum atomic E-state index is 5.02. The summed E-state index contributed by atoms with van der Waals surface area (Å²) in [6.45, 7) is 4.72. The molecular formula is C10H14N4OS. The van der Waals surface area contributed by atoms with Crippen molar-refractivity contribution in [1.29, 1.82) is 0 Å². The van der Waals surface area contributed by atoms with Crippen molar-refractivity contribution in [1.82, 2.24) is 20.4 Å². The number of rotatable bonds is 5. The lowest BCUT2D eigenvalue weighted by Crippen LogP contribution is -2.21. The van der Waals surface area contributed by atoms with Crippen molar-refractivity contribution in [3.63, 3.8) is 0 Å². The van der Waals surface area contributed by atoms with Crippen LogP contribution in [-0.2, 0) is 6.42 Å². The Kier molecular flexibility index (Phi) is 3.63. The second kappa shape index (κ2) is 5.18. The molecule has 1 N–H and O–H groups in total. The van der Waals surface area contributed by atoms with Gasteiger partial charge in [0, 0.05) is 24.5 Å². The van der Waals surface area contributed by atoms with Gasteiger partial charge in [-0.05, 0) is 13.8 Å². The van der Waals surface area contributed by atoms with E-state index >= 15 is 0 Å². The zero-order valence-corrected chi connectivity index (χ0v) is 10.1. The van der Waals surface area contributed by atoms with E-state index in [1.807, 2.05) is 18.5 Å². The Balaban J connectivity index is 1.76. The molecule has 2 heterocycles. The van der Waals surface area contributed by atoms with E-state index in [0.717, 1.165) is 18.0 Å². The molecular weight excluding hydrogens is 224 g/mol. The quantitative estimate of drug-likeness (QED) is 0.859. The van der Waals surface area contributed by atoms with E-state index < -0.39 is 0 Å². The molecule has 2 rings (SSSR count).